The molecule has 0 saturated heterocycles. The summed E-state index contributed by atoms with van der Waals surface area (Å²) in [6.07, 6.45) is -4.72. The third-order valence-electron chi connectivity index (χ3n) is 4.49. The van der Waals surface area contributed by atoms with Gasteiger partial charge in [0.25, 0.3) is 0 Å². The van der Waals surface area contributed by atoms with Gasteiger partial charge in [0.1, 0.15) is 0 Å². The highest BCUT2D eigenvalue weighted by molar-refractivity contribution is 6.42. The number of anilines is 1. The zero-order valence-electron chi connectivity index (χ0n) is 16.5. The minimum Gasteiger partial charge on any atom is -0.481 e. The van der Waals surface area contributed by atoms with Gasteiger partial charge in [-0.1, -0.05) is 36.4 Å². The first-order chi connectivity index (χ1) is 15.1. The van der Waals surface area contributed by atoms with Crippen molar-refractivity contribution < 1.29 is 32.7 Å². The van der Waals surface area contributed by atoms with E-state index < -0.39 is 29.5 Å². The summed E-state index contributed by atoms with van der Waals surface area (Å²) in [4.78, 5) is 35.8. The van der Waals surface area contributed by atoms with E-state index in [1.165, 1.54) is 10.7 Å². The molecule has 0 spiro atoms. The lowest BCUT2D eigenvalue weighted by atomic mass is 10.2. The van der Waals surface area contributed by atoms with E-state index in [1.807, 2.05) is 0 Å². The number of nitrogens with one attached hydrogen (secondary N) is 2. The number of hydrogen-bond acceptors (Lipinski definition) is 3. The Kier molecular flexibility index (Phi) is 6.62. The van der Waals surface area contributed by atoms with Crippen LogP contribution in [0.15, 0.2) is 66.7 Å². The molecule has 32 heavy (non-hydrogen) atoms. The lowest BCUT2D eigenvalue weighted by molar-refractivity contribution is -0.138. The van der Waals surface area contributed by atoms with E-state index in [0.717, 1.165) is 12.1 Å². The van der Waals surface area contributed by atoms with Crippen molar-refractivity contribution >= 4 is 23.5 Å². The summed E-state index contributed by atoms with van der Waals surface area (Å²) < 4.78 is 39.9. The van der Waals surface area contributed by atoms with E-state index in [-0.39, 0.29) is 18.5 Å². The second kappa shape index (κ2) is 9.38. The van der Waals surface area contributed by atoms with Gasteiger partial charge in [0.2, 0.25) is 0 Å². The van der Waals surface area contributed by atoms with Gasteiger partial charge in [-0.15, -0.1) is 0 Å². The van der Waals surface area contributed by atoms with E-state index >= 15 is 0 Å². The van der Waals surface area contributed by atoms with Crippen LogP contribution in [0.1, 0.15) is 17.7 Å². The summed E-state index contributed by atoms with van der Waals surface area (Å²) in [5.74, 6) is -3.35. The Morgan fingerprint density at radius 3 is 2.28 bits per heavy atom. The van der Waals surface area contributed by atoms with Crippen LogP contribution < -0.4 is 10.7 Å². The fourth-order valence-corrected chi connectivity index (χ4v) is 2.99. The number of nitrogens with zero attached hydrogens (tertiary/aromatic N) is 1. The molecule has 2 amide bonds. The van der Waals surface area contributed by atoms with Gasteiger partial charge in [0.05, 0.1) is 17.7 Å². The van der Waals surface area contributed by atoms with E-state index in [0.29, 0.717) is 23.0 Å². The van der Waals surface area contributed by atoms with Gasteiger partial charge in [-0.2, -0.15) is 13.2 Å². The van der Waals surface area contributed by atoms with Crippen molar-refractivity contribution in [1.29, 1.82) is 0 Å². The maximum Gasteiger partial charge on any atom is 0.416 e. The van der Waals surface area contributed by atoms with Gasteiger partial charge in [0.15, 0.2) is 0 Å². The van der Waals surface area contributed by atoms with Crippen molar-refractivity contribution in [1.82, 2.24) is 4.68 Å². The van der Waals surface area contributed by atoms with Gasteiger partial charge in [-0.05, 0) is 30.3 Å². The number of benzene rings is 2. The van der Waals surface area contributed by atoms with Gasteiger partial charge in [-0.25, -0.2) is 0 Å². The second-order valence-electron chi connectivity index (χ2n) is 6.78. The summed E-state index contributed by atoms with van der Waals surface area (Å²) in [5.41, 5.74) is 2.88. The zero-order valence-corrected chi connectivity index (χ0v) is 16.5. The topological polar surface area (TPSA) is 100 Å². The quantitative estimate of drug-likeness (QED) is 0.501. The maximum atomic E-state index is 12.9. The molecule has 0 aliphatic rings. The average Bonchev–Trinajstić information content (AvgIpc) is 3.14. The van der Waals surface area contributed by atoms with Crippen LogP contribution in [-0.4, -0.2) is 27.6 Å². The zero-order chi connectivity index (χ0) is 23.3. The number of amides is 2. The van der Waals surface area contributed by atoms with Crippen molar-refractivity contribution in [3.63, 3.8) is 0 Å². The van der Waals surface area contributed by atoms with Crippen molar-refractivity contribution in [2.24, 2.45) is 0 Å². The molecule has 166 valence electrons. The Bertz CT molecular complexity index is 1140. The predicted octanol–water partition coefficient (Wildman–Crippen LogP) is 3.90. The third kappa shape index (κ3) is 5.54. The van der Waals surface area contributed by atoms with E-state index in [2.05, 4.69) is 10.7 Å². The fraction of sp³-hybridized carbons (Fsp3) is 0.136. The van der Waals surface area contributed by atoms with Crippen LogP contribution in [0.5, 0.6) is 0 Å². The van der Waals surface area contributed by atoms with Crippen LogP contribution >= 0.6 is 0 Å². The molecule has 0 fully saturated rings. The Labute approximate surface area is 180 Å². The number of aromatic nitrogens is 1. The maximum absolute atomic E-state index is 12.9. The molecule has 0 aliphatic heterocycles. The number of aryl methyl sites for hydroxylation is 1. The van der Waals surface area contributed by atoms with E-state index in [4.69, 9.17) is 5.11 Å². The minimum atomic E-state index is -4.60. The van der Waals surface area contributed by atoms with Gasteiger partial charge in [0, 0.05) is 23.4 Å². The Morgan fingerprint density at radius 1 is 0.906 bits per heavy atom. The number of aliphatic carboxylic acids is 1. The number of carboxylic acid groups (broad SMARTS) is 1. The molecule has 1 heterocycles. The molecule has 2 aromatic carbocycles. The van der Waals surface area contributed by atoms with Crippen LogP contribution in [-0.2, 0) is 27.0 Å². The van der Waals surface area contributed by atoms with Gasteiger partial charge >= 0.3 is 24.0 Å². The highest BCUT2D eigenvalue weighted by Crippen LogP contribution is 2.30. The summed E-state index contributed by atoms with van der Waals surface area (Å²) in [5, 5.41) is 11.1. The molecular formula is C22H18F3N3O4. The molecule has 0 bridgehead atoms. The standard InChI is InChI=1S/C22H18F3N3O4/c23-22(24,25)15-7-4-8-16(13-15)26-20(31)21(32)27-28-17(10-12-19(29)30)9-11-18(28)14-5-2-1-3-6-14/h1-9,11,13H,10,12H2,(H,26,31)(H,27,32)(H,29,30). The number of halogens is 3. The fourth-order valence-electron chi connectivity index (χ4n) is 2.99. The molecule has 3 rings (SSSR count). The van der Waals surface area contributed by atoms with Crippen LogP contribution in [0.3, 0.4) is 0 Å². The Hall–Kier alpha value is -4.08. The molecule has 7 nitrogen and oxygen atoms in total. The number of carbonyl (C=O) groups excluding carboxylic acids is 2. The molecule has 0 saturated carbocycles. The highest BCUT2D eigenvalue weighted by atomic mass is 19.4. The minimum absolute atomic E-state index is 0.0810. The molecule has 0 unspecified atom stereocenters. The number of rotatable bonds is 6. The van der Waals surface area contributed by atoms with Gasteiger partial charge in [-0.3, -0.25) is 24.5 Å². The summed E-state index contributed by atoms with van der Waals surface area (Å²) in [6.45, 7) is 0. The summed E-state index contributed by atoms with van der Waals surface area (Å²) in [6, 6.07) is 16.0. The lowest BCUT2D eigenvalue weighted by Gasteiger charge is -2.15. The van der Waals surface area contributed by atoms with Crippen LogP contribution in [0.4, 0.5) is 18.9 Å². The van der Waals surface area contributed by atoms with E-state index in [1.54, 1.807) is 42.5 Å². The molecule has 1 aromatic heterocycles. The van der Waals surface area contributed by atoms with Crippen molar-refractivity contribution in [2.75, 3.05) is 10.7 Å². The first kappa shape index (κ1) is 22.6. The Balaban J connectivity index is 1.82. The first-order valence-corrected chi connectivity index (χ1v) is 9.42. The van der Waals surface area contributed by atoms with E-state index in [9.17, 15) is 27.6 Å². The number of hydrogen-bond donors (Lipinski definition) is 3. The van der Waals surface area contributed by atoms with Crippen molar-refractivity contribution in [3.05, 3.63) is 78.0 Å². The third-order valence-corrected chi connectivity index (χ3v) is 4.49. The smallest absolute Gasteiger partial charge is 0.416 e. The highest BCUT2D eigenvalue weighted by Gasteiger charge is 2.30. The molecule has 3 aromatic rings. The van der Waals surface area contributed by atoms with Crippen molar-refractivity contribution in [2.45, 2.75) is 19.0 Å². The number of carbonyl (C=O) groups is 3. The lowest BCUT2D eigenvalue weighted by Crippen LogP contribution is -2.35. The Morgan fingerprint density at radius 2 is 1.62 bits per heavy atom. The summed E-state index contributed by atoms with van der Waals surface area (Å²) in [7, 11) is 0. The average molecular weight is 445 g/mol. The number of carboxylic acids is 1. The molecule has 0 atom stereocenters. The normalized spacial score (nSPS) is 11.1. The van der Waals surface area contributed by atoms with Crippen LogP contribution in [0.25, 0.3) is 11.3 Å². The first-order valence-electron chi connectivity index (χ1n) is 9.42. The predicted molar refractivity (Wildman–Crippen MR) is 110 cm³/mol. The number of alkyl halides is 3. The largest absolute Gasteiger partial charge is 0.481 e. The second-order valence-corrected chi connectivity index (χ2v) is 6.78. The van der Waals surface area contributed by atoms with Crippen LogP contribution in [0, 0.1) is 0 Å². The summed E-state index contributed by atoms with van der Waals surface area (Å²) >= 11 is 0. The SMILES string of the molecule is O=C(O)CCc1ccc(-c2ccccc2)n1NC(=O)C(=O)Nc1cccc(C(F)(F)F)c1. The van der Waals surface area contributed by atoms with Gasteiger partial charge < -0.3 is 10.4 Å². The molecular weight excluding hydrogens is 427 g/mol. The molecule has 10 heteroatoms. The monoisotopic (exact) mass is 445 g/mol. The van der Waals surface area contributed by atoms with Crippen molar-refractivity contribution in [3.8, 4) is 11.3 Å². The molecule has 3 N–H and O–H groups in total. The molecule has 0 radical (unpaired) electrons. The van der Waals surface area contributed by atoms with Crippen LogP contribution in [0.2, 0.25) is 0 Å². The molecule has 0 aliphatic carbocycles.